The van der Waals surface area contributed by atoms with Gasteiger partial charge >= 0.3 is 0 Å². The molecule has 12 atom stereocenters. The van der Waals surface area contributed by atoms with Gasteiger partial charge in [-0.15, -0.1) is 0 Å². The van der Waals surface area contributed by atoms with Crippen molar-refractivity contribution in [1.82, 2.24) is 0 Å². The Kier molecular flexibility index (Phi) is 7.27. The van der Waals surface area contributed by atoms with Crippen LogP contribution in [0.4, 0.5) is 0 Å². The van der Waals surface area contributed by atoms with Crippen molar-refractivity contribution < 1.29 is 53.6 Å². The van der Waals surface area contributed by atoms with Gasteiger partial charge in [-0.3, -0.25) is 0 Å². The largest absolute Gasteiger partial charge is 0.387 e. The van der Waals surface area contributed by atoms with E-state index in [1.54, 1.807) is 0 Å². The summed E-state index contributed by atoms with van der Waals surface area (Å²) in [5.74, 6) is 0. The van der Waals surface area contributed by atoms with Gasteiger partial charge in [-0.1, -0.05) is 60.7 Å². The Morgan fingerprint density at radius 1 is 0.541 bits per heavy atom. The van der Waals surface area contributed by atoms with Crippen LogP contribution in [-0.4, -0.2) is 95.1 Å². The van der Waals surface area contributed by atoms with E-state index in [1.165, 1.54) is 0 Å². The third-order valence-corrected chi connectivity index (χ3v) is 7.08. The molecule has 4 saturated heterocycles. The first-order valence-corrected chi connectivity index (χ1v) is 12.3. The smallest absolute Gasteiger partial charge is 0.189 e. The number of ether oxygens (including phenoxy) is 7. The Labute approximate surface area is 213 Å². The van der Waals surface area contributed by atoms with E-state index in [0.29, 0.717) is 0 Å². The van der Waals surface area contributed by atoms with Gasteiger partial charge in [-0.05, 0) is 0 Å². The van der Waals surface area contributed by atoms with Crippen LogP contribution in [0.25, 0.3) is 0 Å². The normalized spacial score (nSPS) is 44.0. The van der Waals surface area contributed by atoms with Crippen molar-refractivity contribution in [1.29, 1.82) is 0 Å². The van der Waals surface area contributed by atoms with E-state index >= 15 is 0 Å². The number of hydrogen-bond donors (Lipinski definition) is 4. The molecular formula is C26H30O11. The highest BCUT2D eigenvalue weighted by Gasteiger charge is 2.53. The predicted molar refractivity (Wildman–Crippen MR) is 122 cm³/mol. The van der Waals surface area contributed by atoms with Gasteiger partial charge in [0, 0.05) is 11.1 Å². The summed E-state index contributed by atoms with van der Waals surface area (Å²) in [5.41, 5.74) is 1.55. The average Bonchev–Trinajstić information content (AvgIpc) is 2.95. The quantitative estimate of drug-likeness (QED) is 0.438. The molecule has 4 fully saturated rings. The second-order valence-electron chi connectivity index (χ2n) is 9.54. The van der Waals surface area contributed by atoms with E-state index < -0.39 is 74.0 Å². The zero-order chi connectivity index (χ0) is 25.5. The third-order valence-electron chi connectivity index (χ3n) is 7.08. The van der Waals surface area contributed by atoms with Crippen molar-refractivity contribution in [3.63, 3.8) is 0 Å². The topological polar surface area (TPSA) is 146 Å². The Bertz CT molecular complexity index is 940. The van der Waals surface area contributed by atoms with Gasteiger partial charge in [-0.25, -0.2) is 0 Å². The minimum absolute atomic E-state index is 0.0812. The Balaban J connectivity index is 1.09. The van der Waals surface area contributed by atoms with Gasteiger partial charge in [0.2, 0.25) is 0 Å². The van der Waals surface area contributed by atoms with Crippen molar-refractivity contribution in [2.24, 2.45) is 0 Å². The van der Waals surface area contributed by atoms with E-state index in [1.807, 2.05) is 60.7 Å². The SMILES string of the molecule is O[C@@H]1[C@H](O[C@H]2O[C@H]3CO[C@H](c4ccccc4)O[C@@H]3[C@@H](O)[C@H]2O)O[C@@H]2CO[C@@H](c3ccccc3)O[C@H]2[C@@H]1O. The van der Waals surface area contributed by atoms with Crippen LogP contribution in [-0.2, 0) is 33.2 Å². The van der Waals surface area contributed by atoms with Crippen LogP contribution in [0.15, 0.2) is 60.7 Å². The molecular weight excluding hydrogens is 488 g/mol. The highest BCUT2D eigenvalue weighted by atomic mass is 16.8. The van der Waals surface area contributed by atoms with Gasteiger partial charge in [0.15, 0.2) is 25.2 Å². The lowest BCUT2D eigenvalue weighted by atomic mass is 9.96. The molecule has 2 aromatic rings. The van der Waals surface area contributed by atoms with Crippen LogP contribution in [0.5, 0.6) is 0 Å². The summed E-state index contributed by atoms with van der Waals surface area (Å²) in [7, 11) is 0. The second kappa shape index (κ2) is 10.6. The number of aliphatic hydroxyl groups excluding tert-OH is 4. The zero-order valence-electron chi connectivity index (χ0n) is 19.8. The molecule has 2 aromatic carbocycles. The van der Waals surface area contributed by atoms with Gasteiger partial charge in [0.1, 0.15) is 48.8 Å². The molecule has 0 amide bonds. The summed E-state index contributed by atoms with van der Waals surface area (Å²) in [6, 6.07) is 18.5. The van der Waals surface area contributed by atoms with Crippen LogP contribution in [0.2, 0.25) is 0 Å². The molecule has 4 aliphatic heterocycles. The van der Waals surface area contributed by atoms with E-state index in [2.05, 4.69) is 0 Å². The van der Waals surface area contributed by atoms with Crippen molar-refractivity contribution in [3.8, 4) is 0 Å². The van der Waals surface area contributed by atoms with Crippen molar-refractivity contribution in [2.45, 2.75) is 74.0 Å². The van der Waals surface area contributed by atoms with Crippen LogP contribution < -0.4 is 0 Å². The molecule has 0 radical (unpaired) electrons. The fourth-order valence-electron chi connectivity index (χ4n) is 5.07. The molecule has 0 bridgehead atoms. The number of benzene rings is 2. The first-order valence-electron chi connectivity index (χ1n) is 12.3. The second-order valence-corrected chi connectivity index (χ2v) is 9.54. The van der Waals surface area contributed by atoms with Crippen LogP contribution >= 0.6 is 0 Å². The highest BCUT2D eigenvalue weighted by molar-refractivity contribution is 5.17. The van der Waals surface area contributed by atoms with Crippen molar-refractivity contribution >= 4 is 0 Å². The van der Waals surface area contributed by atoms with Crippen molar-refractivity contribution in [3.05, 3.63) is 71.8 Å². The minimum Gasteiger partial charge on any atom is -0.387 e. The molecule has 200 valence electrons. The molecule has 0 spiro atoms. The van der Waals surface area contributed by atoms with Crippen molar-refractivity contribution in [2.75, 3.05) is 13.2 Å². The van der Waals surface area contributed by atoms with E-state index in [9.17, 15) is 20.4 Å². The summed E-state index contributed by atoms with van der Waals surface area (Å²) in [6.07, 6.45) is -13.1. The minimum atomic E-state index is -1.51. The average molecular weight is 519 g/mol. The fourth-order valence-corrected chi connectivity index (χ4v) is 5.07. The van der Waals surface area contributed by atoms with Gasteiger partial charge in [-0.2, -0.15) is 0 Å². The van der Waals surface area contributed by atoms with Gasteiger partial charge < -0.3 is 53.6 Å². The van der Waals surface area contributed by atoms with Crippen LogP contribution in [0.1, 0.15) is 23.7 Å². The molecule has 11 nitrogen and oxygen atoms in total. The molecule has 11 heteroatoms. The number of rotatable bonds is 4. The maximum atomic E-state index is 10.8. The maximum Gasteiger partial charge on any atom is 0.189 e. The first kappa shape index (κ1) is 25.3. The number of fused-ring (bicyclic) bond motifs is 2. The molecule has 0 aromatic heterocycles. The van der Waals surface area contributed by atoms with E-state index in [0.717, 1.165) is 11.1 Å². The third kappa shape index (κ3) is 4.93. The Morgan fingerprint density at radius 2 is 0.946 bits per heavy atom. The zero-order valence-corrected chi connectivity index (χ0v) is 19.8. The molecule has 0 aliphatic carbocycles. The Morgan fingerprint density at radius 3 is 1.35 bits per heavy atom. The lowest BCUT2D eigenvalue weighted by Gasteiger charge is -2.49. The molecule has 37 heavy (non-hydrogen) atoms. The standard InChI is InChI=1S/C26H30O11/c27-17-19(29)25(33-15-11-31-23(35-21(15)17)13-7-3-1-4-8-13)37-26-20(30)18(28)22-16(34-26)12-32-24(36-22)14-9-5-2-6-10-14/h1-10,15-30H,11-12H2/t15-,16+,17-,18+,19+,20-,21-,22+,23-,24+,25+,26-. The molecule has 0 unspecified atom stereocenters. The molecule has 4 N–H and O–H groups in total. The van der Waals surface area contributed by atoms with E-state index in [4.69, 9.17) is 33.2 Å². The lowest BCUT2D eigenvalue weighted by Crippen LogP contribution is -2.66. The van der Waals surface area contributed by atoms with Gasteiger partial charge in [0.05, 0.1) is 13.2 Å². The molecule has 6 rings (SSSR count). The van der Waals surface area contributed by atoms with Crippen LogP contribution in [0.3, 0.4) is 0 Å². The number of aliphatic hydroxyl groups is 4. The van der Waals surface area contributed by atoms with E-state index in [-0.39, 0.29) is 13.2 Å². The number of hydrogen-bond acceptors (Lipinski definition) is 11. The summed E-state index contributed by atoms with van der Waals surface area (Å²) in [6.45, 7) is 0.162. The summed E-state index contributed by atoms with van der Waals surface area (Å²) >= 11 is 0. The Hall–Kier alpha value is -2.00. The highest BCUT2D eigenvalue weighted by Crippen LogP contribution is 2.37. The van der Waals surface area contributed by atoms with Gasteiger partial charge in [0.25, 0.3) is 0 Å². The maximum absolute atomic E-state index is 10.8. The first-order chi connectivity index (χ1) is 18.0. The molecule has 4 heterocycles. The molecule has 4 aliphatic rings. The monoisotopic (exact) mass is 518 g/mol. The lowest BCUT2D eigenvalue weighted by molar-refractivity contribution is -0.412. The summed E-state index contributed by atoms with van der Waals surface area (Å²) in [5, 5.41) is 43.1. The molecule has 0 saturated carbocycles. The summed E-state index contributed by atoms with van der Waals surface area (Å²) in [4.78, 5) is 0. The summed E-state index contributed by atoms with van der Waals surface area (Å²) < 4.78 is 40.7. The van der Waals surface area contributed by atoms with Crippen LogP contribution in [0, 0.1) is 0 Å². The fraction of sp³-hybridized carbons (Fsp3) is 0.538. The predicted octanol–water partition coefficient (Wildman–Crippen LogP) is 0.125.